The number of carbonyl (C=O) groups excluding carboxylic acids is 8. The molecule has 0 saturated carbocycles. The Labute approximate surface area is 301 Å². The Morgan fingerprint density at radius 3 is 2.06 bits per heavy atom. The van der Waals surface area contributed by atoms with Gasteiger partial charge >= 0.3 is 12.0 Å². The highest BCUT2D eigenvalue weighted by Crippen LogP contribution is 2.13. The number of urea groups is 1. The van der Waals surface area contributed by atoms with E-state index >= 15 is 0 Å². The van der Waals surface area contributed by atoms with Gasteiger partial charge in [0.1, 0.15) is 18.7 Å². The van der Waals surface area contributed by atoms with Gasteiger partial charge < -0.3 is 46.5 Å². The monoisotopic (exact) mass is 731 g/mol. The summed E-state index contributed by atoms with van der Waals surface area (Å²) in [5.74, 6) is -3.49. The molecule has 2 rings (SSSR count). The Hall–Kier alpha value is -5.36. The zero-order valence-electron chi connectivity index (χ0n) is 29.7. The van der Waals surface area contributed by atoms with Crippen LogP contribution in [0.1, 0.15) is 52.0 Å². The number of hydrogen-bond acceptors (Lipinski definition) is 11. The maximum absolute atomic E-state index is 13.3. The third-order valence-corrected chi connectivity index (χ3v) is 7.41. The van der Waals surface area contributed by atoms with E-state index in [1.807, 2.05) is 0 Å². The average Bonchev–Trinajstić information content (AvgIpc) is 3.41. The lowest BCUT2D eigenvalue weighted by Gasteiger charge is -2.25. The number of nitrogens with two attached hydrogens (primary N) is 1. The fraction of sp³-hybridized carbons (Fsp3) is 0.529. The van der Waals surface area contributed by atoms with Gasteiger partial charge in [-0.1, -0.05) is 26.0 Å². The summed E-state index contributed by atoms with van der Waals surface area (Å²) < 4.78 is 15.8. The van der Waals surface area contributed by atoms with E-state index in [-0.39, 0.29) is 83.8 Å². The standard InChI is InChI=1S/C34H49N7O11/c1-22(2)31(40-28(44)13-17-50-19-20-51-18-15-36-27(43)12-16-41-29(45)10-11-30(41)46)33(48)39-26(5-4-14-37-34(35)49)32(47)38-25-8-6-24(7-9-25)21-52-23(3)42/h6-11,22,26,31H,4-5,12-21H2,1-3H3,(H,36,43)(H,38,47)(H,39,48)(H,40,44)(H3,35,37,49)/t26-,31-/m0/s1. The van der Waals surface area contributed by atoms with Crippen LogP contribution in [0.25, 0.3) is 0 Å². The molecular formula is C34H49N7O11. The van der Waals surface area contributed by atoms with Crippen LogP contribution in [0.4, 0.5) is 10.5 Å². The number of nitrogens with zero attached hydrogens (tertiary/aromatic N) is 1. The minimum absolute atomic E-state index is 0.00491. The van der Waals surface area contributed by atoms with E-state index in [0.717, 1.165) is 17.1 Å². The van der Waals surface area contributed by atoms with E-state index < -0.39 is 53.6 Å². The number of anilines is 1. The van der Waals surface area contributed by atoms with E-state index in [0.29, 0.717) is 17.7 Å². The molecule has 0 fully saturated rings. The van der Waals surface area contributed by atoms with E-state index in [1.54, 1.807) is 38.1 Å². The molecule has 1 aromatic rings. The molecule has 0 unspecified atom stereocenters. The average molecular weight is 732 g/mol. The number of imide groups is 1. The molecule has 1 aliphatic heterocycles. The van der Waals surface area contributed by atoms with Gasteiger partial charge in [-0.3, -0.25) is 38.5 Å². The second-order valence-electron chi connectivity index (χ2n) is 12.0. The summed E-state index contributed by atoms with van der Waals surface area (Å²) in [4.78, 5) is 97.3. The number of carbonyl (C=O) groups is 8. The largest absolute Gasteiger partial charge is 0.461 e. The number of benzene rings is 1. The van der Waals surface area contributed by atoms with Crippen LogP contribution in [-0.2, 0) is 54.4 Å². The van der Waals surface area contributed by atoms with E-state index in [1.165, 1.54) is 6.92 Å². The number of ether oxygens (including phenoxy) is 3. The van der Waals surface area contributed by atoms with Crippen LogP contribution in [0.3, 0.4) is 0 Å². The molecule has 0 aliphatic carbocycles. The van der Waals surface area contributed by atoms with Crippen molar-refractivity contribution in [3.63, 3.8) is 0 Å². The molecule has 2 atom stereocenters. The molecule has 7 N–H and O–H groups in total. The Morgan fingerprint density at radius 1 is 0.788 bits per heavy atom. The maximum Gasteiger partial charge on any atom is 0.312 e. The quantitative estimate of drug-likeness (QED) is 0.0454. The van der Waals surface area contributed by atoms with Crippen molar-refractivity contribution >= 4 is 53.1 Å². The summed E-state index contributed by atoms with van der Waals surface area (Å²) in [5.41, 5.74) is 6.28. The van der Waals surface area contributed by atoms with Crippen molar-refractivity contribution in [1.82, 2.24) is 26.2 Å². The molecular weight excluding hydrogens is 682 g/mol. The van der Waals surface area contributed by atoms with Crippen molar-refractivity contribution in [2.24, 2.45) is 11.7 Å². The topological polar surface area (TPSA) is 254 Å². The predicted molar refractivity (Wildman–Crippen MR) is 186 cm³/mol. The number of amides is 8. The minimum Gasteiger partial charge on any atom is -0.461 e. The number of primary amides is 1. The summed E-state index contributed by atoms with van der Waals surface area (Å²) in [6.45, 7) is 5.91. The normalized spacial score (nSPS) is 13.3. The summed E-state index contributed by atoms with van der Waals surface area (Å²) in [7, 11) is 0. The van der Waals surface area contributed by atoms with Crippen molar-refractivity contribution in [2.45, 2.75) is 65.1 Å². The van der Waals surface area contributed by atoms with Gasteiger partial charge in [0.2, 0.25) is 23.6 Å². The van der Waals surface area contributed by atoms with Gasteiger partial charge in [0, 0.05) is 57.2 Å². The molecule has 18 heteroatoms. The van der Waals surface area contributed by atoms with Crippen LogP contribution >= 0.6 is 0 Å². The van der Waals surface area contributed by atoms with Gasteiger partial charge in [-0.25, -0.2) is 4.79 Å². The number of rotatable bonds is 24. The Morgan fingerprint density at radius 2 is 1.44 bits per heavy atom. The molecule has 8 amide bonds. The maximum atomic E-state index is 13.3. The SMILES string of the molecule is CC(=O)OCc1ccc(NC(=O)[C@H](CCCNC(N)=O)NC(=O)[C@@H](NC(=O)CCOCCOCCNC(=O)CCN2C(=O)C=CC2=O)C(C)C)cc1. The van der Waals surface area contributed by atoms with Gasteiger partial charge in [0.25, 0.3) is 11.8 Å². The van der Waals surface area contributed by atoms with Crippen LogP contribution in [0.5, 0.6) is 0 Å². The van der Waals surface area contributed by atoms with Gasteiger partial charge in [-0.15, -0.1) is 0 Å². The summed E-state index contributed by atoms with van der Waals surface area (Å²) in [5, 5.41) is 13.2. The third-order valence-electron chi connectivity index (χ3n) is 7.41. The van der Waals surface area contributed by atoms with Crippen molar-refractivity contribution < 1.29 is 52.6 Å². The van der Waals surface area contributed by atoms with Crippen LogP contribution in [-0.4, -0.2) is 110 Å². The lowest BCUT2D eigenvalue weighted by atomic mass is 10.0. The van der Waals surface area contributed by atoms with Crippen LogP contribution in [0.15, 0.2) is 36.4 Å². The first-order valence-electron chi connectivity index (χ1n) is 16.9. The first-order valence-corrected chi connectivity index (χ1v) is 16.9. The smallest absolute Gasteiger partial charge is 0.312 e. The Bertz CT molecular complexity index is 1410. The molecule has 286 valence electrons. The minimum atomic E-state index is -1.01. The first-order chi connectivity index (χ1) is 24.8. The fourth-order valence-electron chi connectivity index (χ4n) is 4.63. The van der Waals surface area contributed by atoms with Gasteiger partial charge in [-0.05, 0) is 36.5 Å². The Balaban J connectivity index is 1.74. The van der Waals surface area contributed by atoms with E-state index in [9.17, 15) is 38.4 Å². The van der Waals surface area contributed by atoms with Crippen LogP contribution in [0, 0.1) is 5.92 Å². The van der Waals surface area contributed by atoms with Crippen molar-refractivity contribution in [3.8, 4) is 0 Å². The number of esters is 1. The molecule has 0 radical (unpaired) electrons. The molecule has 0 aromatic heterocycles. The molecule has 52 heavy (non-hydrogen) atoms. The molecule has 1 aliphatic rings. The van der Waals surface area contributed by atoms with E-state index in [4.69, 9.17) is 19.9 Å². The van der Waals surface area contributed by atoms with E-state index in [2.05, 4.69) is 26.6 Å². The van der Waals surface area contributed by atoms with Gasteiger partial charge in [0.15, 0.2) is 0 Å². The summed E-state index contributed by atoms with van der Waals surface area (Å²) in [6, 6.07) is 3.93. The zero-order chi connectivity index (χ0) is 38.5. The van der Waals surface area contributed by atoms with Crippen LogP contribution < -0.4 is 32.3 Å². The second kappa shape index (κ2) is 23.2. The van der Waals surface area contributed by atoms with Gasteiger partial charge in [0.05, 0.1) is 26.4 Å². The molecule has 18 nitrogen and oxygen atoms in total. The number of nitrogens with one attached hydrogen (secondary N) is 5. The van der Waals surface area contributed by atoms with Crippen molar-refractivity contribution in [3.05, 3.63) is 42.0 Å². The lowest BCUT2D eigenvalue weighted by Crippen LogP contribution is -2.54. The molecule has 1 aromatic carbocycles. The summed E-state index contributed by atoms with van der Waals surface area (Å²) in [6.07, 6.45) is 2.73. The molecule has 0 saturated heterocycles. The third kappa shape index (κ3) is 17.0. The lowest BCUT2D eigenvalue weighted by molar-refractivity contribution is -0.142. The molecule has 1 heterocycles. The van der Waals surface area contributed by atoms with Crippen molar-refractivity contribution in [2.75, 3.05) is 51.4 Å². The first kappa shape index (κ1) is 42.8. The fourth-order valence-corrected chi connectivity index (χ4v) is 4.63. The molecule has 0 spiro atoms. The summed E-state index contributed by atoms with van der Waals surface area (Å²) >= 11 is 0. The van der Waals surface area contributed by atoms with Gasteiger partial charge in [-0.2, -0.15) is 0 Å². The predicted octanol–water partition coefficient (Wildman–Crippen LogP) is -0.383. The highest BCUT2D eigenvalue weighted by atomic mass is 16.5. The number of hydrogen-bond donors (Lipinski definition) is 6. The Kier molecular flexibility index (Phi) is 19.1. The highest BCUT2D eigenvalue weighted by molar-refractivity contribution is 6.13. The zero-order valence-corrected chi connectivity index (χ0v) is 29.7. The molecule has 0 bridgehead atoms. The van der Waals surface area contributed by atoms with Crippen molar-refractivity contribution in [1.29, 1.82) is 0 Å². The highest BCUT2D eigenvalue weighted by Gasteiger charge is 2.29. The van der Waals surface area contributed by atoms with Crippen LogP contribution in [0.2, 0.25) is 0 Å². The second-order valence-corrected chi connectivity index (χ2v) is 12.0.